The van der Waals surface area contributed by atoms with E-state index >= 15 is 0 Å². The van der Waals surface area contributed by atoms with Gasteiger partial charge in [-0.2, -0.15) is 0 Å². The zero-order chi connectivity index (χ0) is 15.8. The predicted octanol–water partition coefficient (Wildman–Crippen LogP) is 2.72. The monoisotopic (exact) mass is 337 g/mol. The molecule has 0 radical (unpaired) electrons. The number of carbonyl (C=O) groups is 1. The molecular formula is C12H13Cl2NO6. The van der Waals surface area contributed by atoms with Crippen molar-refractivity contribution in [2.45, 2.75) is 0 Å². The van der Waals surface area contributed by atoms with Gasteiger partial charge >= 0.3 is 5.97 Å². The largest absolute Gasteiger partial charge is 0.460 e. The number of hydrogen-bond acceptors (Lipinski definition) is 6. The first-order chi connectivity index (χ1) is 9.97. The normalized spacial score (nSPS) is 10.4. The van der Waals surface area contributed by atoms with Gasteiger partial charge in [-0.05, 0) is 0 Å². The summed E-state index contributed by atoms with van der Waals surface area (Å²) in [5.74, 6) is -0.805. The third kappa shape index (κ3) is 5.47. The van der Waals surface area contributed by atoms with E-state index in [-0.39, 0.29) is 34.5 Å². The molecular weight excluding hydrogens is 325 g/mol. The van der Waals surface area contributed by atoms with Crippen molar-refractivity contribution in [2.24, 2.45) is 0 Å². The molecule has 0 amide bonds. The van der Waals surface area contributed by atoms with Crippen molar-refractivity contribution in [3.8, 4) is 0 Å². The van der Waals surface area contributed by atoms with Crippen LogP contribution in [-0.2, 0) is 14.2 Å². The number of nitrogens with zero attached hydrogens (tertiary/aromatic N) is 1. The maximum absolute atomic E-state index is 11.8. The highest BCUT2D eigenvalue weighted by Gasteiger charge is 2.20. The molecule has 0 saturated carbocycles. The standard InChI is InChI=1S/C12H13Cl2NO6/c1-19-2-3-20-4-5-21-12(16)9-6-8(15(17)18)7-10(13)11(9)14/h6-7H,2-5H2,1H3. The van der Waals surface area contributed by atoms with Crippen LogP contribution in [-0.4, -0.2) is 44.4 Å². The summed E-state index contributed by atoms with van der Waals surface area (Å²) in [7, 11) is 1.54. The molecule has 0 bridgehead atoms. The van der Waals surface area contributed by atoms with Gasteiger partial charge in [-0.15, -0.1) is 0 Å². The van der Waals surface area contributed by atoms with Crippen LogP contribution in [0.4, 0.5) is 5.69 Å². The Balaban J connectivity index is 2.63. The quantitative estimate of drug-likeness (QED) is 0.313. The predicted molar refractivity (Wildman–Crippen MR) is 76.1 cm³/mol. The topological polar surface area (TPSA) is 87.9 Å². The highest BCUT2D eigenvalue weighted by atomic mass is 35.5. The smallest absolute Gasteiger partial charge is 0.340 e. The molecule has 0 heterocycles. The zero-order valence-electron chi connectivity index (χ0n) is 11.1. The molecule has 116 valence electrons. The molecule has 0 fully saturated rings. The third-order valence-electron chi connectivity index (χ3n) is 2.34. The molecule has 1 aromatic carbocycles. The maximum atomic E-state index is 11.8. The Morgan fingerprint density at radius 1 is 1.24 bits per heavy atom. The minimum absolute atomic E-state index is 0.0147. The summed E-state index contributed by atoms with van der Waals surface area (Å²) in [6, 6.07) is 2.08. The molecule has 0 spiro atoms. The molecule has 0 unspecified atom stereocenters. The fraction of sp³-hybridized carbons (Fsp3) is 0.417. The molecule has 0 saturated heterocycles. The van der Waals surface area contributed by atoms with E-state index < -0.39 is 10.9 Å². The van der Waals surface area contributed by atoms with Gasteiger partial charge in [-0.3, -0.25) is 10.1 Å². The fourth-order valence-electron chi connectivity index (χ4n) is 1.34. The van der Waals surface area contributed by atoms with Gasteiger partial charge in [0.2, 0.25) is 0 Å². The average Bonchev–Trinajstić information content (AvgIpc) is 2.44. The van der Waals surface area contributed by atoms with Gasteiger partial charge in [0.1, 0.15) is 6.61 Å². The van der Waals surface area contributed by atoms with E-state index in [1.807, 2.05) is 0 Å². The SMILES string of the molecule is COCCOCCOC(=O)c1cc([N+](=O)[O-])cc(Cl)c1Cl. The molecule has 0 aliphatic rings. The molecule has 0 N–H and O–H groups in total. The first-order valence-corrected chi connectivity index (χ1v) is 6.60. The number of rotatable bonds is 8. The van der Waals surface area contributed by atoms with E-state index in [0.29, 0.717) is 13.2 Å². The molecule has 0 aliphatic heterocycles. The Kier molecular flexibility index (Phi) is 7.38. The molecule has 7 nitrogen and oxygen atoms in total. The Bertz CT molecular complexity index is 523. The van der Waals surface area contributed by atoms with Gasteiger partial charge in [-0.1, -0.05) is 23.2 Å². The lowest BCUT2D eigenvalue weighted by molar-refractivity contribution is -0.384. The second-order valence-electron chi connectivity index (χ2n) is 3.79. The number of nitro groups is 1. The van der Waals surface area contributed by atoms with Crippen LogP contribution in [0.25, 0.3) is 0 Å². The molecule has 21 heavy (non-hydrogen) atoms. The molecule has 0 atom stereocenters. The highest BCUT2D eigenvalue weighted by Crippen LogP contribution is 2.31. The van der Waals surface area contributed by atoms with Crippen molar-refractivity contribution in [3.63, 3.8) is 0 Å². The first-order valence-electron chi connectivity index (χ1n) is 5.84. The Morgan fingerprint density at radius 2 is 1.90 bits per heavy atom. The average molecular weight is 338 g/mol. The Morgan fingerprint density at radius 3 is 2.52 bits per heavy atom. The minimum atomic E-state index is -0.805. The maximum Gasteiger partial charge on any atom is 0.340 e. The number of halogens is 2. The number of carbonyl (C=O) groups excluding carboxylic acids is 1. The van der Waals surface area contributed by atoms with Crippen LogP contribution in [0.2, 0.25) is 10.0 Å². The number of non-ortho nitro benzene ring substituents is 1. The first kappa shape index (κ1) is 17.6. The van der Waals surface area contributed by atoms with Crippen molar-refractivity contribution in [1.29, 1.82) is 0 Å². The van der Waals surface area contributed by atoms with Crippen LogP contribution in [0.5, 0.6) is 0 Å². The summed E-state index contributed by atoms with van der Waals surface area (Å²) in [4.78, 5) is 21.9. The summed E-state index contributed by atoms with van der Waals surface area (Å²) in [6.07, 6.45) is 0. The lowest BCUT2D eigenvalue weighted by atomic mass is 10.2. The Labute approximate surface area is 130 Å². The molecule has 0 aromatic heterocycles. The molecule has 0 aliphatic carbocycles. The van der Waals surface area contributed by atoms with Crippen molar-refractivity contribution in [2.75, 3.05) is 33.5 Å². The second kappa shape index (κ2) is 8.78. The van der Waals surface area contributed by atoms with Crippen LogP contribution in [0.3, 0.4) is 0 Å². The number of nitro benzene ring substituents is 1. The van der Waals surface area contributed by atoms with E-state index in [0.717, 1.165) is 12.1 Å². The third-order valence-corrected chi connectivity index (χ3v) is 3.14. The fourth-order valence-corrected chi connectivity index (χ4v) is 1.74. The number of ether oxygens (including phenoxy) is 3. The summed E-state index contributed by atoms with van der Waals surface area (Å²) in [6.45, 7) is 0.965. The van der Waals surface area contributed by atoms with Gasteiger partial charge in [-0.25, -0.2) is 4.79 Å². The highest BCUT2D eigenvalue weighted by molar-refractivity contribution is 6.43. The zero-order valence-corrected chi connectivity index (χ0v) is 12.6. The number of methoxy groups -OCH3 is 1. The van der Waals surface area contributed by atoms with E-state index in [4.69, 9.17) is 37.4 Å². The number of benzene rings is 1. The van der Waals surface area contributed by atoms with E-state index in [1.165, 1.54) is 7.11 Å². The van der Waals surface area contributed by atoms with Crippen molar-refractivity contribution in [3.05, 3.63) is 37.9 Å². The van der Waals surface area contributed by atoms with Crippen LogP contribution in [0, 0.1) is 10.1 Å². The van der Waals surface area contributed by atoms with Crippen LogP contribution in [0.1, 0.15) is 10.4 Å². The minimum Gasteiger partial charge on any atom is -0.460 e. The summed E-state index contributed by atoms with van der Waals surface area (Å²) in [5.41, 5.74) is -0.500. The lowest BCUT2D eigenvalue weighted by Crippen LogP contribution is -2.13. The number of hydrogen-bond donors (Lipinski definition) is 0. The second-order valence-corrected chi connectivity index (χ2v) is 4.57. The van der Waals surface area contributed by atoms with Gasteiger partial charge in [0.05, 0.1) is 40.4 Å². The summed E-state index contributed by atoms with van der Waals surface area (Å²) in [5, 5.41) is 10.5. The van der Waals surface area contributed by atoms with Gasteiger partial charge in [0, 0.05) is 19.2 Å². The lowest BCUT2D eigenvalue weighted by Gasteiger charge is -2.08. The summed E-state index contributed by atoms with van der Waals surface area (Å²) < 4.78 is 14.8. The molecule has 1 rings (SSSR count). The summed E-state index contributed by atoms with van der Waals surface area (Å²) >= 11 is 11.6. The number of esters is 1. The van der Waals surface area contributed by atoms with Crippen molar-refractivity contribution < 1.29 is 23.9 Å². The van der Waals surface area contributed by atoms with Gasteiger partial charge in [0.25, 0.3) is 5.69 Å². The van der Waals surface area contributed by atoms with E-state index in [9.17, 15) is 14.9 Å². The van der Waals surface area contributed by atoms with Crippen LogP contribution < -0.4 is 0 Å². The van der Waals surface area contributed by atoms with Crippen LogP contribution in [0.15, 0.2) is 12.1 Å². The van der Waals surface area contributed by atoms with Crippen molar-refractivity contribution in [1.82, 2.24) is 0 Å². The van der Waals surface area contributed by atoms with Crippen molar-refractivity contribution >= 4 is 34.9 Å². The van der Waals surface area contributed by atoms with Gasteiger partial charge < -0.3 is 14.2 Å². The molecule has 1 aromatic rings. The van der Waals surface area contributed by atoms with E-state index in [1.54, 1.807) is 0 Å². The van der Waals surface area contributed by atoms with E-state index in [2.05, 4.69) is 0 Å². The van der Waals surface area contributed by atoms with Crippen LogP contribution >= 0.6 is 23.2 Å². The molecule has 9 heteroatoms. The Hall–Kier alpha value is -1.41. The van der Waals surface area contributed by atoms with Gasteiger partial charge in [0.15, 0.2) is 0 Å².